The second kappa shape index (κ2) is 6.42. The second-order valence-corrected chi connectivity index (χ2v) is 5.47. The topological polar surface area (TPSA) is 87.9 Å². The van der Waals surface area contributed by atoms with E-state index in [9.17, 15) is 4.79 Å². The smallest absolute Gasteiger partial charge is 0.233 e. The van der Waals surface area contributed by atoms with E-state index >= 15 is 0 Å². The number of carbonyl (C=O) groups excluding carboxylic acids is 1. The predicted octanol–water partition coefficient (Wildman–Crippen LogP) is 1.45. The number of hydrogen-bond acceptors (Lipinski definition) is 5. The molecule has 2 rings (SSSR count). The number of nitrogens with two attached hydrogens (primary N) is 1. The summed E-state index contributed by atoms with van der Waals surface area (Å²) in [5.74, 6) is 0.575. The van der Waals surface area contributed by atoms with Gasteiger partial charge in [-0.3, -0.25) is 4.79 Å². The summed E-state index contributed by atoms with van der Waals surface area (Å²) in [6.07, 6.45) is 0. The summed E-state index contributed by atoms with van der Waals surface area (Å²) >= 11 is 1.27. The Morgan fingerprint density at radius 2 is 2.10 bits per heavy atom. The van der Waals surface area contributed by atoms with Crippen LogP contribution >= 0.6 is 11.8 Å². The van der Waals surface area contributed by atoms with E-state index in [4.69, 9.17) is 5.73 Å². The maximum Gasteiger partial charge on any atom is 0.233 e. The summed E-state index contributed by atoms with van der Waals surface area (Å²) in [5, 5.41) is 6.90. The van der Waals surface area contributed by atoms with Crippen molar-refractivity contribution >= 4 is 23.6 Å². The van der Waals surface area contributed by atoms with Crippen molar-refractivity contribution in [3.63, 3.8) is 0 Å². The number of hydrogen-bond donors (Lipinski definition) is 2. The molecule has 0 radical (unpaired) electrons. The lowest BCUT2D eigenvalue weighted by atomic mass is 10.1. The van der Waals surface area contributed by atoms with Crippen molar-refractivity contribution in [3.8, 4) is 0 Å². The van der Waals surface area contributed by atoms with Crippen molar-refractivity contribution in [2.24, 2.45) is 0 Å². The highest BCUT2D eigenvalue weighted by atomic mass is 32.2. The molecule has 1 aromatic carbocycles. The van der Waals surface area contributed by atoms with Crippen molar-refractivity contribution in [3.05, 3.63) is 35.4 Å². The molecule has 0 spiro atoms. The molecule has 2 aromatic rings. The fourth-order valence-corrected chi connectivity index (χ4v) is 2.36. The molecule has 0 bridgehead atoms. The Morgan fingerprint density at radius 3 is 2.70 bits per heavy atom. The first-order valence-corrected chi connectivity index (χ1v) is 7.13. The van der Waals surface area contributed by atoms with Crippen molar-refractivity contribution in [1.82, 2.24) is 20.1 Å². The van der Waals surface area contributed by atoms with Crippen LogP contribution in [0, 0.1) is 6.92 Å². The minimum atomic E-state index is 0.0268. The van der Waals surface area contributed by atoms with Gasteiger partial charge >= 0.3 is 0 Å². The molecule has 0 unspecified atom stereocenters. The number of nitrogen functional groups attached to an aromatic ring is 1. The molecular formula is C13H17N5OS. The van der Waals surface area contributed by atoms with Crippen LogP contribution in [-0.2, 0) is 11.3 Å². The molecule has 7 heteroatoms. The summed E-state index contributed by atoms with van der Waals surface area (Å²) in [6, 6.07) is 8.14. The molecule has 0 aliphatic heterocycles. The SMILES string of the molecule is Cc1ccc(CN(C)C(=O)CSc2n[nH]c(N)n2)cc1. The van der Waals surface area contributed by atoms with Crippen molar-refractivity contribution < 1.29 is 4.79 Å². The van der Waals surface area contributed by atoms with Crippen LogP contribution in [0.5, 0.6) is 0 Å². The summed E-state index contributed by atoms with van der Waals surface area (Å²) in [7, 11) is 1.79. The summed E-state index contributed by atoms with van der Waals surface area (Å²) in [4.78, 5) is 17.6. The average Bonchev–Trinajstić information content (AvgIpc) is 2.84. The van der Waals surface area contributed by atoms with Crippen LogP contribution in [0.2, 0.25) is 0 Å². The van der Waals surface area contributed by atoms with Crippen molar-refractivity contribution in [1.29, 1.82) is 0 Å². The van der Waals surface area contributed by atoms with Gasteiger partial charge in [-0.25, -0.2) is 5.10 Å². The van der Waals surface area contributed by atoms with Crippen LogP contribution in [0.15, 0.2) is 29.4 Å². The Bertz CT molecular complexity index is 581. The number of carbonyl (C=O) groups is 1. The summed E-state index contributed by atoms with van der Waals surface area (Å²) in [6.45, 7) is 2.63. The molecule has 1 heterocycles. The highest BCUT2D eigenvalue weighted by Gasteiger charge is 2.11. The van der Waals surface area contributed by atoms with E-state index in [1.165, 1.54) is 17.3 Å². The first kappa shape index (κ1) is 14.4. The van der Waals surface area contributed by atoms with Crippen LogP contribution in [0.1, 0.15) is 11.1 Å². The number of amides is 1. The first-order valence-electron chi connectivity index (χ1n) is 6.15. The number of nitrogens with one attached hydrogen (secondary N) is 1. The quantitative estimate of drug-likeness (QED) is 0.814. The van der Waals surface area contributed by atoms with E-state index in [1.54, 1.807) is 11.9 Å². The Hall–Kier alpha value is -2.02. The Morgan fingerprint density at radius 1 is 1.40 bits per heavy atom. The fourth-order valence-electron chi connectivity index (χ4n) is 1.61. The van der Waals surface area contributed by atoms with E-state index in [0.717, 1.165) is 5.56 Å². The van der Waals surface area contributed by atoms with Gasteiger partial charge in [-0.15, -0.1) is 5.10 Å². The van der Waals surface area contributed by atoms with Crippen molar-refractivity contribution in [2.45, 2.75) is 18.6 Å². The maximum atomic E-state index is 12.0. The molecule has 1 aromatic heterocycles. The highest BCUT2D eigenvalue weighted by molar-refractivity contribution is 7.99. The van der Waals surface area contributed by atoms with Crippen molar-refractivity contribution in [2.75, 3.05) is 18.5 Å². The number of rotatable bonds is 5. The molecule has 0 saturated heterocycles. The molecule has 0 saturated carbocycles. The number of nitrogens with zero attached hydrogens (tertiary/aromatic N) is 3. The maximum absolute atomic E-state index is 12.0. The third-order valence-corrected chi connectivity index (χ3v) is 3.61. The number of H-pyrrole nitrogens is 1. The Balaban J connectivity index is 1.84. The number of thioether (sulfide) groups is 1. The van der Waals surface area contributed by atoms with Gasteiger partial charge in [0.15, 0.2) is 0 Å². The first-order chi connectivity index (χ1) is 9.54. The average molecular weight is 291 g/mol. The highest BCUT2D eigenvalue weighted by Crippen LogP contribution is 2.14. The number of aromatic nitrogens is 3. The van der Waals surface area contributed by atoms with Gasteiger partial charge in [0.05, 0.1) is 5.75 Å². The number of aromatic amines is 1. The van der Waals surface area contributed by atoms with Crippen LogP contribution < -0.4 is 5.73 Å². The fraction of sp³-hybridized carbons (Fsp3) is 0.308. The molecule has 0 fully saturated rings. The third-order valence-electron chi connectivity index (χ3n) is 2.77. The van der Waals surface area contributed by atoms with Gasteiger partial charge in [0.1, 0.15) is 0 Å². The van der Waals surface area contributed by atoms with Crippen LogP contribution in [0.4, 0.5) is 5.95 Å². The molecular weight excluding hydrogens is 274 g/mol. The lowest BCUT2D eigenvalue weighted by Gasteiger charge is -2.16. The van der Waals surface area contributed by atoms with Crippen LogP contribution in [-0.4, -0.2) is 38.8 Å². The van der Waals surface area contributed by atoms with Gasteiger partial charge in [0.2, 0.25) is 17.0 Å². The molecule has 6 nitrogen and oxygen atoms in total. The van der Waals surface area contributed by atoms with Gasteiger partial charge < -0.3 is 10.6 Å². The Labute approximate surface area is 121 Å². The molecule has 1 amide bonds. The zero-order chi connectivity index (χ0) is 14.5. The standard InChI is InChI=1S/C13H17N5OS/c1-9-3-5-10(6-4-9)7-18(2)11(19)8-20-13-15-12(14)16-17-13/h3-6H,7-8H2,1-2H3,(H3,14,15,16,17). The molecule has 3 N–H and O–H groups in total. The Kier molecular flexibility index (Phi) is 4.62. The van der Waals surface area contributed by atoms with E-state index in [0.29, 0.717) is 17.5 Å². The zero-order valence-corrected chi connectivity index (χ0v) is 12.3. The van der Waals surface area contributed by atoms with Crippen LogP contribution in [0.25, 0.3) is 0 Å². The van der Waals surface area contributed by atoms with E-state index < -0.39 is 0 Å². The predicted molar refractivity (Wildman–Crippen MR) is 79.2 cm³/mol. The molecule has 0 aliphatic rings. The second-order valence-electron chi connectivity index (χ2n) is 4.53. The van der Waals surface area contributed by atoms with E-state index in [-0.39, 0.29) is 11.9 Å². The van der Waals surface area contributed by atoms with Gasteiger partial charge in [-0.05, 0) is 12.5 Å². The van der Waals surface area contributed by atoms with Crippen LogP contribution in [0.3, 0.4) is 0 Å². The number of anilines is 1. The van der Waals surface area contributed by atoms with Gasteiger partial charge in [-0.2, -0.15) is 4.98 Å². The van der Waals surface area contributed by atoms with Gasteiger partial charge in [0, 0.05) is 13.6 Å². The largest absolute Gasteiger partial charge is 0.368 e. The van der Waals surface area contributed by atoms with E-state index in [1.807, 2.05) is 31.2 Å². The third kappa shape index (κ3) is 3.99. The number of aryl methyl sites for hydroxylation is 1. The molecule has 20 heavy (non-hydrogen) atoms. The molecule has 0 atom stereocenters. The minimum Gasteiger partial charge on any atom is -0.368 e. The normalized spacial score (nSPS) is 10.5. The monoisotopic (exact) mass is 291 g/mol. The summed E-state index contributed by atoms with van der Waals surface area (Å²) < 4.78 is 0. The number of benzene rings is 1. The molecule has 0 aliphatic carbocycles. The minimum absolute atomic E-state index is 0.0268. The zero-order valence-electron chi connectivity index (χ0n) is 11.5. The van der Waals surface area contributed by atoms with Gasteiger partial charge in [-0.1, -0.05) is 41.6 Å². The lowest BCUT2D eigenvalue weighted by molar-refractivity contribution is -0.127. The summed E-state index contributed by atoms with van der Waals surface area (Å²) in [5.41, 5.74) is 7.74. The van der Waals surface area contributed by atoms with E-state index in [2.05, 4.69) is 15.2 Å². The molecule has 106 valence electrons. The van der Waals surface area contributed by atoms with Gasteiger partial charge in [0.25, 0.3) is 0 Å². The lowest BCUT2D eigenvalue weighted by Crippen LogP contribution is -2.27.